The molecule has 0 N–H and O–H groups in total. The van der Waals surface area contributed by atoms with Gasteiger partial charge in [-0.25, -0.2) is 0 Å². The largest absolute Gasteiger partial charge is 0.468 e. The van der Waals surface area contributed by atoms with Crippen LogP contribution in [0.4, 0.5) is 0 Å². The molecule has 2 aliphatic rings. The van der Waals surface area contributed by atoms with Gasteiger partial charge >= 0.3 is 5.97 Å². The summed E-state index contributed by atoms with van der Waals surface area (Å²) in [5.74, 6) is 0.794. The molecule has 0 bridgehead atoms. The molecule has 3 nitrogen and oxygen atoms in total. The van der Waals surface area contributed by atoms with Crippen LogP contribution in [-0.4, -0.2) is 37.1 Å². The lowest BCUT2D eigenvalue weighted by Gasteiger charge is -2.35. The number of hydrogen-bond donors (Lipinski definition) is 0. The number of methoxy groups -OCH3 is 1. The van der Waals surface area contributed by atoms with Crippen LogP contribution in [-0.2, 0) is 9.53 Å². The number of carbonyl (C=O) groups is 1. The summed E-state index contributed by atoms with van der Waals surface area (Å²) in [6, 6.07) is 0.0411. The zero-order chi connectivity index (χ0) is 11.4. The maximum absolute atomic E-state index is 11.7. The van der Waals surface area contributed by atoms with Crippen LogP contribution in [0.2, 0.25) is 0 Å². The predicted octanol–water partition coefficient (Wildman–Crippen LogP) is 2.20. The van der Waals surface area contributed by atoms with E-state index in [0.29, 0.717) is 0 Å². The molecule has 92 valence electrons. The molecule has 1 aliphatic carbocycles. The molecule has 1 heterocycles. The smallest absolute Gasteiger partial charge is 0.323 e. The third kappa shape index (κ3) is 2.76. The van der Waals surface area contributed by atoms with Crippen molar-refractivity contribution < 1.29 is 9.53 Å². The van der Waals surface area contributed by atoms with Gasteiger partial charge in [0.25, 0.3) is 0 Å². The van der Waals surface area contributed by atoms with Gasteiger partial charge in [-0.15, -0.1) is 0 Å². The van der Waals surface area contributed by atoms with E-state index in [1.807, 2.05) is 0 Å². The summed E-state index contributed by atoms with van der Waals surface area (Å²) < 4.78 is 4.90. The minimum absolute atomic E-state index is 0.0299. The van der Waals surface area contributed by atoms with Crippen LogP contribution in [0.3, 0.4) is 0 Å². The van der Waals surface area contributed by atoms with E-state index in [1.54, 1.807) is 0 Å². The molecule has 1 saturated carbocycles. The Hall–Kier alpha value is -0.570. The molecule has 16 heavy (non-hydrogen) atoms. The maximum Gasteiger partial charge on any atom is 0.323 e. The number of ether oxygens (including phenoxy) is 1. The Labute approximate surface area is 98.1 Å². The van der Waals surface area contributed by atoms with Gasteiger partial charge in [0.1, 0.15) is 6.04 Å². The minimum atomic E-state index is -0.0299. The van der Waals surface area contributed by atoms with Crippen molar-refractivity contribution in [2.45, 2.75) is 51.0 Å². The molecule has 0 aromatic rings. The molecule has 1 aliphatic heterocycles. The first-order chi connectivity index (χ1) is 7.81. The Morgan fingerprint density at radius 3 is 2.56 bits per heavy atom. The van der Waals surface area contributed by atoms with Crippen molar-refractivity contribution in [1.82, 2.24) is 4.90 Å². The molecule has 0 radical (unpaired) electrons. The van der Waals surface area contributed by atoms with E-state index >= 15 is 0 Å². The second kappa shape index (κ2) is 5.67. The first kappa shape index (κ1) is 11.9. The highest BCUT2D eigenvalue weighted by Gasteiger charge is 2.31. The average Bonchev–Trinajstić information content (AvgIpc) is 2.82. The number of nitrogens with zero attached hydrogens (tertiary/aromatic N) is 1. The van der Waals surface area contributed by atoms with Crippen molar-refractivity contribution in [3.63, 3.8) is 0 Å². The van der Waals surface area contributed by atoms with Gasteiger partial charge < -0.3 is 4.74 Å². The first-order valence-corrected chi connectivity index (χ1v) is 6.63. The Bertz CT molecular complexity index is 236. The zero-order valence-corrected chi connectivity index (χ0v) is 10.3. The summed E-state index contributed by atoms with van der Waals surface area (Å²) in [5, 5.41) is 0. The highest BCUT2D eigenvalue weighted by Crippen LogP contribution is 2.28. The van der Waals surface area contributed by atoms with Crippen molar-refractivity contribution >= 4 is 5.97 Å². The molecule has 0 aromatic carbocycles. The lowest BCUT2D eigenvalue weighted by atomic mass is 9.99. The summed E-state index contributed by atoms with van der Waals surface area (Å²) in [6.07, 6.45) is 8.85. The fraction of sp³-hybridized carbons (Fsp3) is 0.923. The fourth-order valence-corrected chi connectivity index (χ4v) is 3.14. The molecule has 2 fully saturated rings. The number of likely N-dealkylation sites (tertiary alicyclic amines) is 1. The van der Waals surface area contributed by atoms with Crippen LogP contribution < -0.4 is 0 Å². The summed E-state index contributed by atoms with van der Waals surface area (Å²) >= 11 is 0. The maximum atomic E-state index is 11.7. The Morgan fingerprint density at radius 1 is 1.19 bits per heavy atom. The first-order valence-electron chi connectivity index (χ1n) is 6.63. The van der Waals surface area contributed by atoms with Crippen molar-refractivity contribution in [3.8, 4) is 0 Å². The molecule has 1 unspecified atom stereocenters. The van der Waals surface area contributed by atoms with Gasteiger partial charge in [0.2, 0.25) is 0 Å². The molecule has 0 aromatic heterocycles. The standard InChI is InChI=1S/C13H23NO2/c1-16-13(15)12-8-4-5-9-14(12)10-11-6-2-3-7-11/h11-12H,2-10H2,1H3. The molecule has 1 saturated heterocycles. The topological polar surface area (TPSA) is 29.5 Å². The van der Waals surface area contributed by atoms with Crippen LogP contribution in [0.5, 0.6) is 0 Å². The van der Waals surface area contributed by atoms with E-state index in [-0.39, 0.29) is 12.0 Å². The van der Waals surface area contributed by atoms with E-state index in [0.717, 1.165) is 25.4 Å². The van der Waals surface area contributed by atoms with E-state index in [1.165, 1.54) is 45.6 Å². The lowest BCUT2D eigenvalue weighted by molar-refractivity contribution is -0.148. The van der Waals surface area contributed by atoms with E-state index in [2.05, 4.69) is 4.90 Å². The molecule has 1 atom stereocenters. The van der Waals surface area contributed by atoms with Crippen LogP contribution in [0.15, 0.2) is 0 Å². The third-order valence-corrected chi connectivity index (χ3v) is 4.05. The Morgan fingerprint density at radius 2 is 1.88 bits per heavy atom. The van der Waals surface area contributed by atoms with Crippen molar-refractivity contribution in [2.75, 3.05) is 20.2 Å². The summed E-state index contributed by atoms with van der Waals surface area (Å²) in [6.45, 7) is 2.19. The Kier molecular flexibility index (Phi) is 4.22. The van der Waals surface area contributed by atoms with Crippen molar-refractivity contribution in [1.29, 1.82) is 0 Å². The van der Waals surface area contributed by atoms with Gasteiger partial charge in [0, 0.05) is 6.54 Å². The number of rotatable bonds is 3. The second-order valence-electron chi connectivity index (χ2n) is 5.18. The highest BCUT2D eigenvalue weighted by atomic mass is 16.5. The van der Waals surface area contributed by atoms with E-state index in [4.69, 9.17) is 4.74 Å². The van der Waals surface area contributed by atoms with E-state index < -0.39 is 0 Å². The van der Waals surface area contributed by atoms with Crippen LogP contribution >= 0.6 is 0 Å². The van der Waals surface area contributed by atoms with Gasteiger partial charge in [-0.1, -0.05) is 19.3 Å². The monoisotopic (exact) mass is 225 g/mol. The number of hydrogen-bond acceptors (Lipinski definition) is 3. The van der Waals surface area contributed by atoms with Gasteiger partial charge in [-0.05, 0) is 38.1 Å². The highest BCUT2D eigenvalue weighted by molar-refractivity contribution is 5.75. The third-order valence-electron chi connectivity index (χ3n) is 4.05. The normalized spacial score (nSPS) is 28.2. The number of esters is 1. The lowest BCUT2D eigenvalue weighted by Crippen LogP contribution is -2.46. The van der Waals surface area contributed by atoms with Crippen molar-refractivity contribution in [2.24, 2.45) is 5.92 Å². The fourth-order valence-electron chi connectivity index (χ4n) is 3.14. The van der Waals surface area contributed by atoms with Crippen LogP contribution in [0.1, 0.15) is 44.9 Å². The molecule has 3 heteroatoms. The summed E-state index contributed by atoms with van der Waals surface area (Å²) in [7, 11) is 1.50. The minimum Gasteiger partial charge on any atom is -0.468 e. The number of carbonyl (C=O) groups excluding carboxylic acids is 1. The second-order valence-corrected chi connectivity index (χ2v) is 5.18. The van der Waals surface area contributed by atoms with Gasteiger partial charge in [0.05, 0.1) is 7.11 Å². The van der Waals surface area contributed by atoms with Crippen LogP contribution in [0, 0.1) is 5.92 Å². The molecular weight excluding hydrogens is 202 g/mol. The van der Waals surface area contributed by atoms with Gasteiger partial charge in [-0.3, -0.25) is 9.69 Å². The van der Waals surface area contributed by atoms with E-state index in [9.17, 15) is 4.79 Å². The molecule has 0 spiro atoms. The quantitative estimate of drug-likeness (QED) is 0.690. The number of piperidine rings is 1. The van der Waals surface area contributed by atoms with Gasteiger partial charge in [0.15, 0.2) is 0 Å². The van der Waals surface area contributed by atoms with Crippen LogP contribution in [0.25, 0.3) is 0 Å². The SMILES string of the molecule is COC(=O)C1CCCCN1CC1CCCC1. The van der Waals surface area contributed by atoms with Gasteiger partial charge in [-0.2, -0.15) is 0 Å². The zero-order valence-electron chi connectivity index (χ0n) is 10.3. The molecular formula is C13H23NO2. The molecule has 0 amide bonds. The Balaban J connectivity index is 1.90. The predicted molar refractivity (Wildman–Crippen MR) is 63.2 cm³/mol. The van der Waals surface area contributed by atoms with Crippen molar-refractivity contribution in [3.05, 3.63) is 0 Å². The summed E-state index contributed by atoms with van der Waals surface area (Å²) in [4.78, 5) is 14.1. The average molecular weight is 225 g/mol. The molecule has 2 rings (SSSR count). The summed E-state index contributed by atoms with van der Waals surface area (Å²) in [5.41, 5.74) is 0.